The molecule has 2 aliphatic heterocycles. The van der Waals surface area contributed by atoms with Gasteiger partial charge in [-0.25, -0.2) is 8.42 Å². The molecule has 2 aromatic rings. The molecule has 0 aromatic heterocycles. The van der Waals surface area contributed by atoms with Crippen LogP contribution in [0.5, 0.6) is 11.5 Å². The molecular weight excluding hydrogens is 440 g/mol. The van der Waals surface area contributed by atoms with Crippen LogP contribution in [0.15, 0.2) is 47.4 Å². The zero-order valence-corrected chi connectivity index (χ0v) is 18.9. The van der Waals surface area contributed by atoms with Gasteiger partial charge in [-0.2, -0.15) is 4.31 Å². The van der Waals surface area contributed by atoms with Crippen molar-refractivity contribution in [1.82, 2.24) is 9.21 Å². The Morgan fingerprint density at radius 1 is 1.16 bits per heavy atom. The summed E-state index contributed by atoms with van der Waals surface area (Å²) in [5, 5.41) is 0.218. The highest BCUT2D eigenvalue weighted by Crippen LogP contribution is 2.31. The van der Waals surface area contributed by atoms with Crippen LogP contribution < -0.4 is 9.47 Å². The molecule has 4 rings (SSSR count). The van der Waals surface area contributed by atoms with Crippen LogP contribution in [0.2, 0.25) is 5.02 Å². The van der Waals surface area contributed by atoms with E-state index in [2.05, 4.69) is 0 Å². The molecule has 2 aromatic carbocycles. The monoisotopic (exact) mass is 464 g/mol. The van der Waals surface area contributed by atoms with Gasteiger partial charge < -0.3 is 14.4 Å². The van der Waals surface area contributed by atoms with E-state index in [0.717, 1.165) is 12.8 Å². The Balaban J connectivity index is 1.53. The number of ether oxygens (including phenoxy) is 2. The van der Waals surface area contributed by atoms with Crippen LogP contribution in [-0.4, -0.2) is 62.4 Å². The number of nitrogens with zero attached hydrogens (tertiary/aromatic N) is 2. The molecule has 0 bridgehead atoms. The van der Waals surface area contributed by atoms with E-state index in [9.17, 15) is 13.2 Å². The van der Waals surface area contributed by atoms with Crippen LogP contribution >= 0.6 is 11.6 Å². The third-order valence-corrected chi connectivity index (χ3v) is 7.76. The molecule has 0 unspecified atom stereocenters. The van der Waals surface area contributed by atoms with Gasteiger partial charge in [0.15, 0.2) is 17.6 Å². The maximum Gasteiger partial charge on any atom is 0.255 e. The van der Waals surface area contributed by atoms with E-state index in [1.165, 1.54) is 22.5 Å². The van der Waals surface area contributed by atoms with Gasteiger partial charge in [-0.3, -0.25) is 4.79 Å². The fourth-order valence-corrected chi connectivity index (χ4v) is 5.57. The Morgan fingerprint density at radius 3 is 2.58 bits per heavy atom. The molecule has 2 aliphatic rings. The summed E-state index contributed by atoms with van der Waals surface area (Å²) in [6.45, 7) is 3.88. The van der Waals surface area contributed by atoms with E-state index < -0.39 is 10.0 Å². The summed E-state index contributed by atoms with van der Waals surface area (Å²) >= 11 is 6.30. The summed E-state index contributed by atoms with van der Waals surface area (Å²) in [6.07, 6.45) is 1.35. The summed E-state index contributed by atoms with van der Waals surface area (Å²) in [5.74, 6) is 0.975. The van der Waals surface area contributed by atoms with Crippen molar-refractivity contribution in [3.05, 3.63) is 53.1 Å². The molecular formula is C22H25ClN2O5S. The fourth-order valence-electron chi connectivity index (χ4n) is 3.83. The SMILES string of the molecule is CCN(C[C@@H]1COc2ccccc2O1)C(=O)c1cc(S(=O)(=O)N2CCCC2)ccc1Cl. The molecule has 9 heteroatoms. The Morgan fingerprint density at radius 2 is 1.87 bits per heavy atom. The number of carbonyl (C=O) groups is 1. The summed E-state index contributed by atoms with van der Waals surface area (Å²) in [5.41, 5.74) is 0.168. The van der Waals surface area contributed by atoms with Gasteiger partial charge in [0, 0.05) is 19.6 Å². The van der Waals surface area contributed by atoms with Crippen molar-refractivity contribution in [2.24, 2.45) is 0 Å². The lowest BCUT2D eigenvalue weighted by Gasteiger charge is -2.31. The molecule has 1 saturated heterocycles. The lowest BCUT2D eigenvalue weighted by molar-refractivity contribution is 0.0475. The van der Waals surface area contributed by atoms with Crippen molar-refractivity contribution in [2.45, 2.75) is 30.8 Å². The number of hydrogen-bond acceptors (Lipinski definition) is 5. The topological polar surface area (TPSA) is 76.1 Å². The third kappa shape index (κ3) is 4.51. The minimum absolute atomic E-state index is 0.0874. The number of amides is 1. The van der Waals surface area contributed by atoms with Gasteiger partial charge in [-0.1, -0.05) is 23.7 Å². The number of likely N-dealkylation sites (N-methyl/N-ethyl adjacent to an activating group) is 1. The van der Waals surface area contributed by atoms with E-state index in [0.29, 0.717) is 44.3 Å². The van der Waals surface area contributed by atoms with Gasteiger partial charge in [0.25, 0.3) is 5.91 Å². The van der Waals surface area contributed by atoms with E-state index in [-0.39, 0.29) is 27.5 Å². The first-order chi connectivity index (χ1) is 14.9. The molecule has 166 valence electrons. The smallest absolute Gasteiger partial charge is 0.255 e. The number of carbonyl (C=O) groups excluding carboxylic acids is 1. The number of benzene rings is 2. The first kappa shape index (κ1) is 21.9. The standard InChI is InChI=1S/C22H25ClN2O5S/c1-2-24(14-16-15-29-20-7-3-4-8-21(20)30-16)22(26)18-13-17(9-10-19(18)23)31(27,28)25-11-5-6-12-25/h3-4,7-10,13,16H,2,5-6,11-12,14-15H2,1H3/t16-/m1/s1. The Bertz CT molecular complexity index is 1070. The number of halogens is 1. The largest absolute Gasteiger partial charge is 0.486 e. The second kappa shape index (κ2) is 9.06. The average molecular weight is 465 g/mol. The first-order valence-electron chi connectivity index (χ1n) is 10.4. The quantitative estimate of drug-likeness (QED) is 0.654. The number of para-hydroxylation sites is 2. The van der Waals surface area contributed by atoms with Crippen LogP contribution in [0.25, 0.3) is 0 Å². The molecule has 1 atom stereocenters. The molecule has 7 nitrogen and oxygen atoms in total. The van der Waals surface area contributed by atoms with E-state index in [1.807, 2.05) is 31.2 Å². The zero-order valence-electron chi connectivity index (χ0n) is 17.3. The summed E-state index contributed by atoms with van der Waals surface area (Å²) in [7, 11) is -3.65. The van der Waals surface area contributed by atoms with Crippen molar-refractivity contribution >= 4 is 27.5 Å². The molecule has 0 spiro atoms. The van der Waals surface area contributed by atoms with Gasteiger partial charge in [-0.15, -0.1) is 0 Å². The normalized spacial score (nSPS) is 18.7. The average Bonchev–Trinajstić information content (AvgIpc) is 3.33. The van der Waals surface area contributed by atoms with Crippen LogP contribution in [0, 0.1) is 0 Å². The van der Waals surface area contributed by atoms with Crippen LogP contribution in [0.1, 0.15) is 30.1 Å². The van der Waals surface area contributed by atoms with Gasteiger partial charge >= 0.3 is 0 Å². The summed E-state index contributed by atoms with van der Waals surface area (Å²) in [6, 6.07) is 11.7. The predicted octanol–water partition coefficient (Wildman–Crippen LogP) is 3.43. The molecule has 31 heavy (non-hydrogen) atoms. The summed E-state index contributed by atoms with van der Waals surface area (Å²) < 4.78 is 39.0. The maximum absolute atomic E-state index is 13.3. The van der Waals surface area contributed by atoms with Crippen molar-refractivity contribution < 1.29 is 22.7 Å². The maximum atomic E-state index is 13.3. The van der Waals surface area contributed by atoms with Crippen molar-refractivity contribution in [3.8, 4) is 11.5 Å². The lowest BCUT2D eigenvalue weighted by atomic mass is 10.1. The molecule has 0 radical (unpaired) electrons. The molecule has 2 heterocycles. The van der Waals surface area contributed by atoms with E-state index in [4.69, 9.17) is 21.1 Å². The van der Waals surface area contributed by atoms with Crippen LogP contribution in [-0.2, 0) is 10.0 Å². The Kier molecular flexibility index (Phi) is 6.41. The van der Waals surface area contributed by atoms with Crippen LogP contribution in [0.3, 0.4) is 0 Å². The second-order valence-corrected chi connectivity index (χ2v) is 9.94. The summed E-state index contributed by atoms with van der Waals surface area (Å²) in [4.78, 5) is 14.9. The molecule has 1 amide bonds. The highest BCUT2D eigenvalue weighted by Gasteiger charge is 2.30. The van der Waals surface area contributed by atoms with E-state index in [1.54, 1.807) is 4.90 Å². The molecule has 0 N–H and O–H groups in total. The van der Waals surface area contributed by atoms with E-state index >= 15 is 0 Å². The van der Waals surface area contributed by atoms with Gasteiger partial charge in [0.1, 0.15) is 6.61 Å². The van der Waals surface area contributed by atoms with Crippen molar-refractivity contribution in [2.75, 3.05) is 32.8 Å². The lowest BCUT2D eigenvalue weighted by Crippen LogP contribution is -2.43. The fraction of sp³-hybridized carbons (Fsp3) is 0.409. The minimum Gasteiger partial charge on any atom is -0.486 e. The van der Waals surface area contributed by atoms with Crippen LogP contribution in [0.4, 0.5) is 0 Å². The van der Waals surface area contributed by atoms with Gasteiger partial charge in [0.05, 0.1) is 22.0 Å². The number of fused-ring (bicyclic) bond motifs is 1. The first-order valence-corrected chi connectivity index (χ1v) is 12.2. The number of rotatable bonds is 6. The highest BCUT2D eigenvalue weighted by molar-refractivity contribution is 7.89. The van der Waals surface area contributed by atoms with Crippen molar-refractivity contribution in [1.29, 1.82) is 0 Å². The Labute approximate surface area is 187 Å². The zero-order chi connectivity index (χ0) is 22.0. The third-order valence-electron chi connectivity index (χ3n) is 5.53. The molecule has 0 aliphatic carbocycles. The van der Waals surface area contributed by atoms with Crippen molar-refractivity contribution in [3.63, 3.8) is 0 Å². The number of hydrogen-bond donors (Lipinski definition) is 0. The molecule has 1 fully saturated rings. The predicted molar refractivity (Wildman–Crippen MR) is 117 cm³/mol. The minimum atomic E-state index is -3.65. The number of sulfonamides is 1. The second-order valence-electron chi connectivity index (χ2n) is 7.59. The molecule has 0 saturated carbocycles. The van der Waals surface area contributed by atoms with Gasteiger partial charge in [0.2, 0.25) is 10.0 Å². The van der Waals surface area contributed by atoms with Gasteiger partial charge in [-0.05, 0) is 50.1 Å². The Hall–Kier alpha value is -2.29. The highest BCUT2D eigenvalue weighted by atomic mass is 35.5.